The summed E-state index contributed by atoms with van der Waals surface area (Å²) < 4.78 is 0. The van der Waals surface area contributed by atoms with Crippen molar-refractivity contribution in [3.05, 3.63) is 11.6 Å². The van der Waals surface area contributed by atoms with Crippen LogP contribution in [0.3, 0.4) is 0 Å². The summed E-state index contributed by atoms with van der Waals surface area (Å²) in [5.41, 5.74) is 5.06. The molecule has 8 heavy (non-hydrogen) atoms. The Morgan fingerprint density at radius 2 is 2.38 bits per heavy atom. The molecule has 0 saturated heterocycles. The summed E-state index contributed by atoms with van der Waals surface area (Å²) in [7, 11) is 0. The van der Waals surface area contributed by atoms with E-state index in [1.807, 2.05) is 0 Å². The molecule has 0 rings (SSSR count). The van der Waals surface area contributed by atoms with Gasteiger partial charge >= 0.3 is 0 Å². The fraction of sp³-hybridized carbons (Fsp3) is 0.250. The Hall–Kier alpha value is -0.280. The second-order valence-electron chi connectivity index (χ2n) is 1.24. The van der Waals surface area contributed by atoms with Crippen LogP contribution in [0.5, 0.6) is 0 Å². The van der Waals surface area contributed by atoms with E-state index in [-0.39, 0.29) is 5.11 Å². The van der Waals surface area contributed by atoms with Crippen molar-refractivity contribution in [3.63, 3.8) is 0 Å². The molecule has 0 aliphatic carbocycles. The Balaban J connectivity index is 3.18. The molecule has 0 aromatic carbocycles. The van der Waals surface area contributed by atoms with E-state index >= 15 is 0 Å². The van der Waals surface area contributed by atoms with E-state index in [1.54, 1.807) is 0 Å². The average molecular weight is 151 g/mol. The van der Waals surface area contributed by atoms with E-state index in [2.05, 4.69) is 24.1 Å². The summed E-state index contributed by atoms with van der Waals surface area (Å²) in [4.78, 5) is 0. The van der Waals surface area contributed by atoms with Crippen molar-refractivity contribution in [2.45, 2.75) is 0 Å². The molecule has 0 atom stereocenters. The first-order valence-electron chi connectivity index (χ1n) is 1.99. The second kappa shape index (κ2) is 3.69. The van der Waals surface area contributed by atoms with Crippen molar-refractivity contribution >= 4 is 28.9 Å². The number of nitrogens with one attached hydrogen (secondary N) is 1. The lowest BCUT2D eigenvalue weighted by Gasteiger charge is -1.98. The topological polar surface area (TPSA) is 38.0 Å². The summed E-state index contributed by atoms with van der Waals surface area (Å²) in [5.74, 6) is 0. The molecule has 0 spiro atoms. The molecule has 0 aromatic rings. The summed E-state index contributed by atoms with van der Waals surface area (Å²) in [6.45, 7) is 3.86. The largest absolute Gasteiger partial charge is 0.376 e. The molecule has 0 aromatic heterocycles. The van der Waals surface area contributed by atoms with Crippen LogP contribution in [-0.4, -0.2) is 11.7 Å². The van der Waals surface area contributed by atoms with Gasteiger partial charge in [0.05, 0.1) is 6.54 Å². The molecule has 46 valence electrons. The molecule has 0 heterocycles. The third-order valence-electron chi connectivity index (χ3n) is 0.454. The number of hydrogen-bond acceptors (Lipinski definition) is 1. The molecule has 4 heteroatoms. The van der Waals surface area contributed by atoms with Crippen LogP contribution in [-0.2, 0) is 0 Å². The highest BCUT2D eigenvalue weighted by molar-refractivity contribution is 7.80. The van der Waals surface area contributed by atoms with Crippen molar-refractivity contribution in [1.82, 2.24) is 5.32 Å². The normalized spacial score (nSPS) is 8.12. The lowest BCUT2D eigenvalue weighted by atomic mass is 10.6. The van der Waals surface area contributed by atoms with Crippen LogP contribution in [0.15, 0.2) is 11.6 Å². The van der Waals surface area contributed by atoms with Crippen LogP contribution in [0.4, 0.5) is 0 Å². The Morgan fingerprint density at radius 1 is 1.88 bits per heavy atom. The third-order valence-corrected chi connectivity index (χ3v) is 0.732. The number of hydrogen-bond donors (Lipinski definition) is 2. The van der Waals surface area contributed by atoms with Gasteiger partial charge in [-0.3, -0.25) is 0 Å². The predicted octanol–water partition coefficient (Wildman–Crippen LogP) is 0.572. The molecule has 2 nitrogen and oxygen atoms in total. The number of rotatable bonds is 2. The van der Waals surface area contributed by atoms with Crippen LogP contribution in [0.1, 0.15) is 0 Å². The van der Waals surface area contributed by atoms with Gasteiger partial charge in [-0.15, -0.1) is 0 Å². The van der Waals surface area contributed by atoms with Crippen LogP contribution in [0.25, 0.3) is 0 Å². The van der Waals surface area contributed by atoms with E-state index < -0.39 is 0 Å². The standard InChI is InChI=1S/C4H7ClN2S/c1-3(5)2-7-4(6)8/h1-2H2,(H3,6,7,8). The SMILES string of the molecule is C=C(Cl)CNC(N)=S. The zero-order chi connectivity index (χ0) is 6.57. The summed E-state index contributed by atoms with van der Waals surface area (Å²) >= 11 is 9.83. The van der Waals surface area contributed by atoms with Gasteiger partial charge in [-0.1, -0.05) is 18.2 Å². The molecule has 0 unspecified atom stereocenters. The average Bonchev–Trinajstić information content (AvgIpc) is 1.61. The van der Waals surface area contributed by atoms with Gasteiger partial charge in [-0.2, -0.15) is 0 Å². The van der Waals surface area contributed by atoms with Crippen molar-refractivity contribution in [1.29, 1.82) is 0 Å². The van der Waals surface area contributed by atoms with Gasteiger partial charge in [-0.25, -0.2) is 0 Å². The van der Waals surface area contributed by atoms with Gasteiger partial charge in [0.15, 0.2) is 5.11 Å². The molecule has 0 bridgehead atoms. The molecule has 0 saturated carbocycles. The number of nitrogens with two attached hydrogens (primary N) is 1. The molecule has 0 aliphatic rings. The van der Waals surface area contributed by atoms with E-state index in [0.29, 0.717) is 11.6 Å². The van der Waals surface area contributed by atoms with Crippen LogP contribution in [0.2, 0.25) is 0 Å². The quantitative estimate of drug-likeness (QED) is 0.566. The second-order valence-corrected chi connectivity index (χ2v) is 2.21. The van der Waals surface area contributed by atoms with Crippen LogP contribution in [0, 0.1) is 0 Å². The molecule has 0 aliphatic heterocycles. The molecule has 0 radical (unpaired) electrons. The van der Waals surface area contributed by atoms with Gasteiger partial charge in [0.2, 0.25) is 0 Å². The lowest BCUT2D eigenvalue weighted by Crippen LogP contribution is -2.29. The highest BCUT2D eigenvalue weighted by atomic mass is 35.5. The van der Waals surface area contributed by atoms with Crippen molar-refractivity contribution in [2.75, 3.05) is 6.54 Å². The Bertz CT molecular complexity index is 98.6. The first-order valence-corrected chi connectivity index (χ1v) is 2.78. The maximum atomic E-state index is 5.35. The monoisotopic (exact) mass is 150 g/mol. The molecule has 3 N–H and O–H groups in total. The Kier molecular flexibility index (Phi) is 3.56. The van der Waals surface area contributed by atoms with Crippen LogP contribution >= 0.6 is 23.8 Å². The highest BCUT2D eigenvalue weighted by Crippen LogP contribution is 1.90. The van der Waals surface area contributed by atoms with Crippen molar-refractivity contribution < 1.29 is 0 Å². The number of thiocarbonyl (C=S) groups is 1. The first-order chi connectivity index (χ1) is 3.63. The maximum Gasteiger partial charge on any atom is 0.163 e. The summed E-state index contributed by atoms with van der Waals surface area (Å²) in [6.07, 6.45) is 0. The lowest BCUT2D eigenvalue weighted by molar-refractivity contribution is 1.04. The third kappa shape index (κ3) is 5.72. The number of halogens is 1. The van der Waals surface area contributed by atoms with Gasteiger partial charge in [0, 0.05) is 5.03 Å². The molecule has 0 amide bonds. The fourth-order valence-electron chi connectivity index (χ4n) is 0.183. The minimum absolute atomic E-state index is 0.242. The van der Waals surface area contributed by atoms with Gasteiger partial charge in [0.25, 0.3) is 0 Å². The minimum atomic E-state index is 0.242. The van der Waals surface area contributed by atoms with Gasteiger partial charge in [-0.05, 0) is 12.2 Å². The first kappa shape index (κ1) is 7.72. The maximum absolute atomic E-state index is 5.35. The van der Waals surface area contributed by atoms with Crippen molar-refractivity contribution in [2.24, 2.45) is 5.73 Å². The van der Waals surface area contributed by atoms with E-state index in [9.17, 15) is 0 Å². The zero-order valence-electron chi connectivity index (χ0n) is 4.28. The summed E-state index contributed by atoms with van der Waals surface area (Å²) in [5, 5.41) is 3.36. The highest BCUT2D eigenvalue weighted by Gasteiger charge is 1.86. The Morgan fingerprint density at radius 3 is 2.50 bits per heavy atom. The summed E-state index contributed by atoms with van der Waals surface area (Å²) in [6, 6.07) is 0. The smallest absolute Gasteiger partial charge is 0.163 e. The van der Waals surface area contributed by atoms with Crippen molar-refractivity contribution in [3.8, 4) is 0 Å². The Labute approximate surface area is 58.7 Å². The van der Waals surface area contributed by atoms with E-state index in [0.717, 1.165) is 0 Å². The van der Waals surface area contributed by atoms with E-state index in [4.69, 9.17) is 17.3 Å². The fourth-order valence-corrected chi connectivity index (χ4v) is 0.322. The molecular formula is C4H7ClN2S. The van der Waals surface area contributed by atoms with Crippen LogP contribution < -0.4 is 11.1 Å². The minimum Gasteiger partial charge on any atom is -0.376 e. The van der Waals surface area contributed by atoms with Gasteiger partial charge < -0.3 is 11.1 Å². The predicted molar refractivity (Wildman–Crippen MR) is 39.8 cm³/mol. The molecular weight excluding hydrogens is 144 g/mol. The molecule has 0 fully saturated rings. The zero-order valence-corrected chi connectivity index (χ0v) is 5.85. The van der Waals surface area contributed by atoms with E-state index in [1.165, 1.54) is 0 Å². The van der Waals surface area contributed by atoms with Gasteiger partial charge in [0.1, 0.15) is 0 Å².